The van der Waals surface area contributed by atoms with E-state index in [0.29, 0.717) is 12.0 Å². The van der Waals surface area contributed by atoms with Crippen LogP contribution in [0.2, 0.25) is 0 Å². The number of hydrogen-bond acceptors (Lipinski definition) is 2. The molecular formula is C11H21NO. The summed E-state index contributed by atoms with van der Waals surface area (Å²) in [6.45, 7) is 3.47. The van der Waals surface area contributed by atoms with Crippen molar-refractivity contribution < 1.29 is 5.11 Å². The van der Waals surface area contributed by atoms with Gasteiger partial charge >= 0.3 is 0 Å². The summed E-state index contributed by atoms with van der Waals surface area (Å²) in [5.41, 5.74) is 0. The second-order valence-corrected chi connectivity index (χ2v) is 4.85. The predicted octanol–water partition coefficient (Wildman–Crippen LogP) is 1.54. The first kappa shape index (κ1) is 9.47. The minimum atomic E-state index is -0.0354. The van der Waals surface area contributed by atoms with Crippen molar-refractivity contribution in [2.24, 2.45) is 11.8 Å². The summed E-state index contributed by atoms with van der Waals surface area (Å²) in [7, 11) is 0. The first-order valence-electron chi connectivity index (χ1n) is 5.69. The SMILES string of the molecule is C[C@H]1CC[C@H](O)[C@H]([C@@H]2CCCN2)C1. The van der Waals surface area contributed by atoms with Gasteiger partial charge < -0.3 is 10.4 Å². The highest BCUT2D eigenvalue weighted by molar-refractivity contribution is 4.89. The molecule has 0 amide bonds. The summed E-state index contributed by atoms with van der Waals surface area (Å²) in [6, 6.07) is 0.609. The Hall–Kier alpha value is -0.0800. The monoisotopic (exact) mass is 183 g/mol. The van der Waals surface area contributed by atoms with Gasteiger partial charge in [0.05, 0.1) is 6.10 Å². The molecule has 2 rings (SSSR count). The lowest BCUT2D eigenvalue weighted by atomic mass is 9.76. The van der Waals surface area contributed by atoms with E-state index in [4.69, 9.17) is 0 Å². The van der Waals surface area contributed by atoms with Gasteiger partial charge in [-0.2, -0.15) is 0 Å². The Morgan fingerprint density at radius 2 is 2.08 bits per heavy atom. The zero-order valence-corrected chi connectivity index (χ0v) is 8.50. The molecule has 0 aromatic carbocycles. The summed E-state index contributed by atoms with van der Waals surface area (Å²) in [5.74, 6) is 1.35. The van der Waals surface area contributed by atoms with Crippen LogP contribution in [0.1, 0.15) is 39.0 Å². The first-order chi connectivity index (χ1) is 6.27. The maximum atomic E-state index is 9.91. The molecule has 0 aromatic rings. The molecule has 0 spiro atoms. The zero-order valence-electron chi connectivity index (χ0n) is 8.50. The molecule has 4 atom stereocenters. The number of aliphatic hydroxyl groups is 1. The van der Waals surface area contributed by atoms with E-state index in [0.717, 1.165) is 18.9 Å². The number of hydrogen-bond donors (Lipinski definition) is 2. The Morgan fingerprint density at radius 3 is 2.77 bits per heavy atom. The Bertz CT molecular complexity index is 165. The molecule has 0 unspecified atom stereocenters. The molecule has 1 heterocycles. The van der Waals surface area contributed by atoms with E-state index < -0.39 is 0 Å². The molecular weight excluding hydrogens is 162 g/mol. The minimum absolute atomic E-state index is 0.0354. The van der Waals surface area contributed by atoms with Crippen molar-refractivity contribution in [3.63, 3.8) is 0 Å². The second-order valence-electron chi connectivity index (χ2n) is 4.85. The molecule has 1 aliphatic carbocycles. The number of rotatable bonds is 1. The van der Waals surface area contributed by atoms with Gasteiger partial charge in [0.1, 0.15) is 0 Å². The summed E-state index contributed by atoms with van der Waals surface area (Å²) < 4.78 is 0. The highest BCUT2D eigenvalue weighted by Gasteiger charge is 2.34. The lowest BCUT2D eigenvalue weighted by Gasteiger charge is -2.35. The van der Waals surface area contributed by atoms with E-state index in [1.807, 2.05) is 0 Å². The standard InChI is InChI=1S/C11H21NO/c1-8-4-5-11(13)9(7-8)10-3-2-6-12-10/h8-13H,2-7H2,1H3/t8-,9-,10-,11-/m0/s1. The van der Waals surface area contributed by atoms with E-state index in [2.05, 4.69) is 12.2 Å². The molecule has 2 heteroatoms. The van der Waals surface area contributed by atoms with E-state index in [-0.39, 0.29) is 6.10 Å². The lowest BCUT2D eigenvalue weighted by Crippen LogP contribution is -2.41. The van der Waals surface area contributed by atoms with Crippen LogP contribution in [0.25, 0.3) is 0 Å². The summed E-state index contributed by atoms with van der Waals surface area (Å²) in [6.07, 6.45) is 5.98. The molecule has 2 N–H and O–H groups in total. The quantitative estimate of drug-likeness (QED) is 0.646. The highest BCUT2D eigenvalue weighted by Crippen LogP contribution is 2.33. The molecule has 1 saturated heterocycles. The summed E-state index contributed by atoms with van der Waals surface area (Å²) in [5, 5.41) is 13.4. The maximum absolute atomic E-state index is 9.91. The van der Waals surface area contributed by atoms with Crippen LogP contribution in [0.5, 0.6) is 0 Å². The van der Waals surface area contributed by atoms with Crippen molar-refractivity contribution in [3.05, 3.63) is 0 Å². The van der Waals surface area contributed by atoms with Crippen LogP contribution >= 0.6 is 0 Å². The van der Waals surface area contributed by atoms with Crippen LogP contribution < -0.4 is 5.32 Å². The van der Waals surface area contributed by atoms with Gasteiger partial charge in [-0.3, -0.25) is 0 Å². The van der Waals surface area contributed by atoms with Crippen molar-refractivity contribution in [2.45, 2.75) is 51.2 Å². The molecule has 76 valence electrons. The normalized spacial score (nSPS) is 46.6. The predicted molar refractivity (Wildman–Crippen MR) is 53.5 cm³/mol. The van der Waals surface area contributed by atoms with Gasteiger partial charge in [-0.05, 0) is 44.6 Å². The Morgan fingerprint density at radius 1 is 1.23 bits per heavy atom. The highest BCUT2D eigenvalue weighted by atomic mass is 16.3. The van der Waals surface area contributed by atoms with Crippen LogP contribution in [0.15, 0.2) is 0 Å². The van der Waals surface area contributed by atoms with Crippen LogP contribution in [0.4, 0.5) is 0 Å². The first-order valence-corrected chi connectivity index (χ1v) is 5.69. The average Bonchev–Trinajstić information content (AvgIpc) is 2.61. The van der Waals surface area contributed by atoms with Gasteiger partial charge in [-0.15, -0.1) is 0 Å². The van der Waals surface area contributed by atoms with E-state index in [1.54, 1.807) is 0 Å². The van der Waals surface area contributed by atoms with Crippen LogP contribution in [0, 0.1) is 11.8 Å². The van der Waals surface area contributed by atoms with Crippen LogP contribution in [0.3, 0.4) is 0 Å². The molecule has 0 radical (unpaired) electrons. The Labute approximate surface area is 80.7 Å². The Kier molecular flexibility index (Phi) is 2.89. The van der Waals surface area contributed by atoms with Gasteiger partial charge in [-0.25, -0.2) is 0 Å². The van der Waals surface area contributed by atoms with E-state index in [9.17, 15) is 5.11 Å². The summed E-state index contributed by atoms with van der Waals surface area (Å²) >= 11 is 0. The smallest absolute Gasteiger partial charge is 0.0583 e. The van der Waals surface area contributed by atoms with Crippen molar-refractivity contribution in [3.8, 4) is 0 Å². The molecule has 2 aliphatic rings. The lowest BCUT2D eigenvalue weighted by molar-refractivity contribution is 0.0348. The van der Waals surface area contributed by atoms with Crippen molar-refractivity contribution in [1.29, 1.82) is 0 Å². The third kappa shape index (κ3) is 2.05. The zero-order chi connectivity index (χ0) is 9.26. The fraction of sp³-hybridized carbons (Fsp3) is 1.00. The van der Waals surface area contributed by atoms with Gasteiger partial charge in [0, 0.05) is 12.0 Å². The molecule has 1 saturated carbocycles. The fourth-order valence-electron chi connectivity index (χ4n) is 2.92. The van der Waals surface area contributed by atoms with Gasteiger partial charge in [0.15, 0.2) is 0 Å². The largest absolute Gasteiger partial charge is 0.393 e. The van der Waals surface area contributed by atoms with Gasteiger partial charge in [0.25, 0.3) is 0 Å². The molecule has 0 aromatic heterocycles. The van der Waals surface area contributed by atoms with Crippen molar-refractivity contribution in [1.82, 2.24) is 5.32 Å². The second kappa shape index (κ2) is 3.97. The van der Waals surface area contributed by atoms with E-state index in [1.165, 1.54) is 25.7 Å². The van der Waals surface area contributed by atoms with Gasteiger partial charge in [0.2, 0.25) is 0 Å². The molecule has 2 fully saturated rings. The van der Waals surface area contributed by atoms with Gasteiger partial charge in [-0.1, -0.05) is 6.92 Å². The number of nitrogens with one attached hydrogen (secondary N) is 1. The maximum Gasteiger partial charge on any atom is 0.0583 e. The minimum Gasteiger partial charge on any atom is -0.393 e. The fourth-order valence-corrected chi connectivity index (χ4v) is 2.92. The van der Waals surface area contributed by atoms with E-state index >= 15 is 0 Å². The third-order valence-electron chi connectivity index (χ3n) is 3.74. The Balaban J connectivity index is 1.94. The van der Waals surface area contributed by atoms with Crippen molar-refractivity contribution >= 4 is 0 Å². The topological polar surface area (TPSA) is 32.3 Å². The molecule has 0 bridgehead atoms. The summed E-state index contributed by atoms with van der Waals surface area (Å²) in [4.78, 5) is 0. The van der Waals surface area contributed by atoms with Crippen LogP contribution in [-0.4, -0.2) is 23.8 Å². The average molecular weight is 183 g/mol. The number of aliphatic hydroxyl groups excluding tert-OH is 1. The molecule has 1 aliphatic heterocycles. The van der Waals surface area contributed by atoms with Crippen LogP contribution in [-0.2, 0) is 0 Å². The van der Waals surface area contributed by atoms with Crippen molar-refractivity contribution in [2.75, 3.05) is 6.54 Å². The third-order valence-corrected chi connectivity index (χ3v) is 3.74. The molecule has 13 heavy (non-hydrogen) atoms. The molecule has 2 nitrogen and oxygen atoms in total.